The minimum atomic E-state index is -0.428. The lowest BCUT2D eigenvalue weighted by atomic mass is 9.96. The van der Waals surface area contributed by atoms with Gasteiger partial charge in [0.2, 0.25) is 11.8 Å². The van der Waals surface area contributed by atoms with Crippen molar-refractivity contribution in [2.45, 2.75) is 32.6 Å². The van der Waals surface area contributed by atoms with Crippen LogP contribution in [0.4, 0.5) is 0 Å². The fourth-order valence-electron chi connectivity index (χ4n) is 2.50. The van der Waals surface area contributed by atoms with Gasteiger partial charge in [-0.3, -0.25) is 14.4 Å². The van der Waals surface area contributed by atoms with Crippen molar-refractivity contribution in [3.63, 3.8) is 0 Å². The molecule has 2 fully saturated rings. The maximum Gasteiger partial charge on any atom is 0.325 e. The van der Waals surface area contributed by atoms with E-state index in [1.54, 1.807) is 11.8 Å². The van der Waals surface area contributed by atoms with Gasteiger partial charge in [-0.15, -0.1) is 0 Å². The summed E-state index contributed by atoms with van der Waals surface area (Å²) >= 11 is 0. The predicted molar refractivity (Wildman–Crippen MR) is 71.7 cm³/mol. The van der Waals surface area contributed by atoms with Crippen LogP contribution in [0.2, 0.25) is 0 Å². The van der Waals surface area contributed by atoms with Crippen LogP contribution in [0.15, 0.2) is 0 Å². The van der Waals surface area contributed by atoms with Crippen molar-refractivity contribution in [1.29, 1.82) is 0 Å². The number of nitrogens with one attached hydrogen (secondary N) is 1. The fraction of sp³-hybridized carbons (Fsp3) is 0.786. The summed E-state index contributed by atoms with van der Waals surface area (Å²) in [5.41, 5.74) is 0. The van der Waals surface area contributed by atoms with Gasteiger partial charge in [-0.25, -0.2) is 0 Å². The number of nitrogens with zero attached hydrogens (tertiary/aromatic N) is 1. The van der Waals surface area contributed by atoms with E-state index in [0.29, 0.717) is 13.2 Å². The molecule has 0 aromatic rings. The molecule has 1 saturated heterocycles. The molecule has 1 heterocycles. The van der Waals surface area contributed by atoms with Gasteiger partial charge in [0.1, 0.15) is 6.54 Å². The Bertz CT molecular complexity index is 393. The number of hydrogen-bond acceptors (Lipinski definition) is 4. The third kappa shape index (κ3) is 3.95. The van der Waals surface area contributed by atoms with Gasteiger partial charge in [-0.2, -0.15) is 0 Å². The minimum absolute atomic E-state index is 0.0975. The molecular formula is C14H22N2O4. The molecule has 0 spiro atoms. The topological polar surface area (TPSA) is 75.7 Å². The normalized spacial score (nSPS) is 22.2. The summed E-state index contributed by atoms with van der Waals surface area (Å²) in [5, 5.41) is 2.59. The molecule has 1 aliphatic carbocycles. The number of piperidine rings is 1. The first-order chi connectivity index (χ1) is 9.61. The molecule has 0 aromatic heterocycles. The standard InChI is InChI=1S/C14H22N2O4/c1-2-20-12(17)8-15-13(18)11-4-3-7-16(9-11)14(19)10-5-6-10/h10-11H,2-9H2,1H3,(H,15,18). The molecule has 6 nitrogen and oxygen atoms in total. The summed E-state index contributed by atoms with van der Waals surface area (Å²) in [6.45, 7) is 3.16. The Hall–Kier alpha value is -1.59. The van der Waals surface area contributed by atoms with Gasteiger partial charge < -0.3 is 15.0 Å². The van der Waals surface area contributed by atoms with E-state index >= 15 is 0 Å². The third-order valence-corrected chi connectivity index (χ3v) is 3.74. The molecule has 0 bridgehead atoms. The van der Waals surface area contributed by atoms with Crippen LogP contribution in [0.5, 0.6) is 0 Å². The molecule has 1 aliphatic heterocycles. The number of esters is 1. The van der Waals surface area contributed by atoms with Crippen molar-refractivity contribution >= 4 is 17.8 Å². The van der Waals surface area contributed by atoms with Crippen molar-refractivity contribution < 1.29 is 19.1 Å². The Morgan fingerprint density at radius 2 is 1.95 bits per heavy atom. The largest absolute Gasteiger partial charge is 0.465 e. The average Bonchev–Trinajstić information content (AvgIpc) is 3.29. The van der Waals surface area contributed by atoms with E-state index < -0.39 is 5.97 Å². The molecule has 2 aliphatic rings. The molecule has 112 valence electrons. The zero-order chi connectivity index (χ0) is 14.5. The second-order valence-electron chi connectivity index (χ2n) is 5.42. The molecular weight excluding hydrogens is 260 g/mol. The van der Waals surface area contributed by atoms with Gasteiger partial charge in [0.25, 0.3) is 0 Å². The number of ether oxygens (including phenoxy) is 1. The highest BCUT2D eigenvalue weighted by Crippen LogP contribution is 2.32. The van der Waals surface area contributed by atoms with Gasteiger partial charge in [-0.05, 0) is 32.6 Å². The number of rotatable bonds is 5. The first-order valence-electron chi connectivity index (χ1n) is 7.34. The highest BCUT2D eigenvalue weighted by atomic mass is 16.5. The van der Waals surface area contributed by atoms with E-state index in [0.717, 1.165) is 32.2 Å². The van der Waals surface area contributed by atoms with E-state index in [1.165, 1.54) is 0 Å². The van der Waals surface area contributed by atoms with E-state index in [9.17, 15) is 14.4 Å². The molecule has 1 saturated carbocycles. The van der Waals surface area contributed by atoms with Crippen molar-refractivity contribution in [3.05, 3.63) is 0 Å². The van der Waals surface area contributed by atoms with Crippen molar-refractivity contribution in [2.24, 2.45) is 11.8 Å². The zero-order valence-corrected chi connectivity index (χ0v) is 11.9. The lowest BCUT2D eigenvalue weighted by Gasteiger charge is -2.32. The lowest BCUT2D eigenvalue weighted by Crippen LogP contribution is -2.46. The Morgan fingerprint density at radius 1 is 1.20 bits per heavy atom. The average molecular weight is 282 g/mol. The molecule has 1 N–H and O–H groups in total. The maximum absolute atomic E-state index is 12.0. The SMILES string of the molecule is CCOC(=O)CNC(=O)C1CCCN(C(=O)C2CC2)C1. The predicted octanol–water partition coefficient (Wildman–Crippen LogP) is 0.314. The van der Waals surface area contributed by atoms with Crippen LogP contribution >= 0.6 is 0 Å². The van der Waals surface area contributed by atoms with Crippen LogP contribution in [0.3, 0.4) is 0 Å². The molecule has 6 heteroatoms. The Kier molecular flexibility index (Phi) is 4.98. The van der Waals surface area contributed by atoms with Crippen molar-refractivity contribution in [1.82, 2.24) is 10.2 Å². The quantitative estimate of drug-likeness (QED) is 0.737. The van der Waals surface area contributed by atoms with Gasteiger partial charge >= 0.3 is 5.97 Å². The monoisotopic (exact) mass is 282 g/mol. The van der Waals surface area contributed by atoms with Crippen LogP contribution in [0, 0.1) is 11.8 Å². The van der Waals surface area contributed by atoms with Crippen LogP contribution in [-0.2, 0) is 19.1 Å². The lowest BCUT2D eigenvalue weighted by molar-refractivity contribution is -0.144. The summed E-state index contributed by atoms with van der Waals surface area (Å²) < 4.78 is 4.76. The zero-order valence-electron chi connectivity index (χ0n) is 11.9. The number of amides is 2. The van der Waals surface area contributed by atoms with E-state index in [2.05, 4.69) is 5.32 Å². The molecule has 0 aromatic carbocycles. The van der Waals surface area contributed by atoms with E-state index in [1.807, 2.05) is 0 Å². The Balaban J connectivity index is 1.77. The maximum atomic E-state index is 12.0. The summed E-state index contributed by atoms with van der Waals surface area (Å²) in [6.07, 6.45) is 3.57. The fourth-order valence-corrected chi connectivity index (χ4v) is 2.50. The molecule has 1 atom stereocenters. The number of hydrogen-bond donors (Lipinski definition) is 1. The van der Waals surface area contributed by atoms with Crippen LogP contribution in [-0.4, -0.2) is 48.9 Å². The molecule has 2 rings (SSSR count). The minimum Gasteiger partial charge on any atom is -0.465 e. The molecule has 20 heavy (non-hydrogen) atoms. The van der Waals surface area contributed by atoms with Crippen molar-refractivity contribution in [3.8, 4) is 0 Å². The van der Waals surface area contributed by atoms with E-state index in [-0.39, 0.29) is 30.2 Å². The van der Waals surface area contributed by atoms with Crippen LogP contribution < -0.4 is 5.32 Å². The first kappa shape index (κ1) is 14.8. The summed E-state index contributed by atoms with van der Waals surface area (Å²) in [7, 11) is 0. The number of carbonyl (C=O) groups is 3. The summed E-state index contributed by atoms with van der Waals surface area (Å²) in [5.74, 6) is -0.418. The first-order valence-corrected chi connectivity index (χ1v) is 7.34. The van der Waals surface area contributed by atoms with Crippen molar-refractivity contribution in [2.75, 3.05) is 26.2 Å². The highest BCUT2D eigenvalue weighted by Gasteiger charge is 2.36. The van der Waals surface area contributed by atoms with Crippen LogP contribution in [0.1, 0.15) is 32.6 Å². The van der Waals surface area contributed by atoms with Crippen LogP contribution in [0.25, 0.3) is 0 Å². The Labute approximate surface area is 118 Å². The molecule has 0 radical (unpaired) electrons. The highest BCUT2D eigenvalue weighted by molar-refractivity contribution is 5.85. The van der Waals surface area contributed by atoms with Gasteiger partial charge in [0, 0.05) is 19.0 Å². The van der Waals surface area contributed by atoms with E-state index in [4.69, 9.17) is 4.74 Å². The second-order valence-corrected chi connectivity index (χ2v) is 5.42. The van der Waals surface area contributed by atoms with Gasteiger partial charge in [0.15, 0.2) is 0 Å². The summed E-state index contributed by atoms with van der Waals surface area (Å²) in [6, 6.07) is 0. The molecule has 1 unspecified atom stereocenters. The smallest absolute Gasteiger partial charge is 0.325 e. The van der Waals surface area contributed by atoms with Gasteiger partial charge in [-0.1, -0.05) is 0 Å². The third-order valence-electron chi connectivity index (χ3n) is 3.74. The molecule has 2 amide bonds. The second kappa shape index (κ2) is 6.72. The number of likely N-dealkylation sites (tertiary alicyclic amines) is 1. The summed E-state index contributed by atoms with van der Waals surface area (Å²) in [4.78, 5) is 37.0. The number of carbonyl (C=O) groups excluding carboxylic acids is 3. The van der Waals surface area contributed by atoms with Gasteiger partial charge in [0.05, 0.1) is 12.5 Å². The Morgan fingerprint density at radius 3 is 2.60 bits per heavy atom.